The third kappa shape index (κ3) is 4.31. The van der Waals surface area contributed by atoms with Crippen LogP contribution in [0.2, 0.25) is 0 Å². The van der Waals surface area contributed by atoms with Crippen LogP contribution in [0, 0.1) is 5.82 Å². The lowest BCUT2D eigenvalue weighted by atomic mass is 10.1. The largest absolute Gasteiger partial charge is 0.378 e. The van der Waals surface area contributed by atoms with Crippen molar-refractivity contribution in [2.75, 3.05) is 10.6 Å². The maximum Gasteiger partial charge on any atom is 0.224 e. The zero-order valence-corrected chi connectivity index (χ0v) is 12.2. The van der Waals surface area contributed by atoms with E-state index in [-0.39, 0.29) is 17.8 Å². The Kier molecular flexibility index (Phi) is 4.93. The van der Waals surface area contributed by atoms with E-state index in [1.165, 1.54) is 12.1 Å². The first-order valence-electron chi connectivity index (χ1n) is 7.00. The van der Waals surface area contributed by atoms with Gasteiger partial charge in [0.05, 0.1) is 0 Å². The van der Waals surface area contributed by atoms with Crippen LogP contribution in [0.5, 0.6) is 0 Å². The van der Waals surface area contributed by atoms with Gasteiger partial charge in [-0.15, -0.1) is 0 Å². The molecule has 21 heavy (non-hydrogen) atoms. The molecule has 110 valence electrons. The average Bonchev–Trinajstić information content (AvgIpc) is 2.47. The lowest BCUT2D eigenvalue weighted by Crippen LogP contribution is -2.10. The molecule has 2 N–H and O–H groups in total. The summed E-state index contributed by atoms with van der Waals surface area (Å²) in [5, 5.41) is 6.11. The summed E-state index contributed by atoms with van der Waals surface area (Å²) in [5.41, 5.74) is 2.50. The molecule has 0 spiro atoms. The van der Waals surface area contributed by atoms with Gasteiger partial charge >= 0.3 is 0 Å². The minimum atomic E-state index is -0.245. The molecule has 2 aromatic carbocycles. The second-order valence-corrected chi connectivity index (χ2v) is 4.90. The van der Waals surface area contributed by atoms with Gasteiger partial charge in [-0.25, -0.2) is 4.39 Å². The Morgan fingerprint density at radius 1 is 1.14 bits per heavy atom. The number of amides is 1. The van der Waals surface area contributed by atoms with Crippen LogP contribution >= 0.6 is 0 Å². The van der Waals surface area contributed by atoms with Crippen molar-refractivity contribution in [2.24, 2.45) is 0 Å². The van der Waals surface area contributed by atoms with E-state index in [1.807, 2.05) is 44.2 Å². The fraction of sp³-hybridized carbons (Fsp3) is 0.235. The fourth-order valence-corrected chi connectivity index (χ4v) is 2.05. The Morgan fingerprint density at radius 3 is 2.57 bits per heavy atom. The van der Waals surface area contributed by atoms with E-state index in [4.69, 9.17) is 0 Å². The maximum atomic E-state index is 13.2. The van der Waals surface area contributed by atoms with E-state index in [0.717, 1.165) is 16.9 Å². The van der Waals surface area contributed by atoms with Crippen LogP contribution in [0.15, 0.2) is 48.5 Å². The summed E-state index contributed by atoms with van der Waals surface area (Å²) in [6.45, 7) is 3.77. The van der Waals surface area contributed by atoms with Gasteiger partial charge in [-0.05, 0) is 42.8 Å². The highest BCUT2D eigenvalue weighted by Gasteiger charge is 2.07. The van der Waals surface area contributed by atoms with Gasteiger partial charge in [0.2, 0.25) is 5.91 Å². The van der Waals surface area contributed by atoms with E-state index in [1.54, 1.807) is 6.07 Å². The lowest BCUT2D eigenvalue weighted by Gasteiger charge is -2.16. The zero-order valence-electron chi connectivity index (χ0n) is 12.2. The number of nitrogens with one attached hydrogen (secondary N) is 2. The molecule has 4 heteroatoms. The molecule has 3 nitrogen and oxygen atoms in total. The normalized spacial score (nSPS) is 11.8. The predicted molar refractivity (Wildman–Crippen MR) is 83.8 cm³/mol. The van der Waals surface area contributed by atoms with Crippen LogP contribution in [0.1, 0.15) is 31.9 Å². The first kappa shape index (κ1) is 15.0. The molecule has 2 aromatic rings. The highest BCUT2D eigenvalue weighted by molar-refractivity contribution is 5.90. The first-order chi connectivity index (χ1) is 10.1. The zero-order chi connectivity index (χ0) is 15.2. The molecule has 0 aromatic heterocycles. The highest BCUT2D eigenvalue weighted by Crippen LogP contribution is 2.22. The molecule has 0 saturated heterocycles. The van der Waals surface area contributed by atoms with Gasteiger partial charge in [0.1, 0.15) is 5.82 Å². The number of carbonyl (C=O) groups excluding carboxylic acids is 1. The fourth-order valence-electron chi connectivity index (χ4n) is 2.05. The molecular weight excluding hydrogens is 267 g/mol. The van der Waals surface area contributed by atoms with Crippen LogP contribution in [0.4, 0.5) is 15.8 Å². The molecule has 1 unspecified atom stereocenters. The Hall–Kier alpha value is -2.36. The molecule has 1 amide bonds. The van der Waals surface area contributed by atoms with Crippen molar-refractivity contribution in [3.05, 3.63) is 59.9 Å². The van der Waals surface area contributed by atoms with Gasteiger partial charge in [-0.1, -0.05) is 25.1 Å². The number of hydrogen-bond donors (Lipinski definition) is 2. The highest BCUT2D eigenvalue weighted by atomic mass is 19.1. The van der Waals surface area contributed by atoms with Crippen molar-refractivity contribution >= 4 is 17.3 Å². The molecule has 0 bridgehead atoms. The van der Waals surface area contributed by atoms with Gasteiger partial charge < -0.3 is 10.6 Å². The van der Waals surface area contributed by atoms with Gasteiger partial charge in [0.25, 0.3) is 0 Å². The summed E-state index contributed by atoms with van der Waals surface area (Å²) in [6, 6.07) is 14.0. The Labute approximate surface area is 124 Å². The summed E-state index contributed by atoms with van der Waals surface area (Å²) >= 11 is 0. The predicted octanol–water partition coefficient (Wildman–Crippen LogP) is 4.35. The number of benzene rings is 2. The third-order valence-electron chi connectivity index (χ3n) is 3.20. The second-order valence-electron chi connectivity index (χ2n) is 4.90. The van der Waals surface area contributed by atoms with Gasteiger partial charge in [0.15, 0.2) is 0 Å². The van der Waals surface area contributed by atoms with Crippen LogP contribution in [-0.2, 0) is 4.79 Å². The van der Waals surface area contributed by atoms with E-state index >= 15 is 0 Å². The molecule has 2 rings (SSSR count). The number of rotatable bonds is 5. The molecule has 0 saturated carbocycles. The Bertz CT molecular complexity index is 628. The van der Waals surface area contributed by atoms with Crippen LogP contribution in [-0.4, -0.2) is 5.91 Å². The minimum Gasteiger partial charge on any atom is -0.378 e. The molecule has 1 atom stereocenters. The van der Waals surface area contributed by atoms with Crippen LogP contribution < -0.4 is 10.6 Å². The first-order valence-corrected chi connectivity index (χ1v) is 7.00. The summed E-state index contributed by atoms with van der Waals surface area (Å²) in [5.74, 6) is -0.268. The topological polar surface area (TPSA) is 41.1 Å². The van der Waals surface area contributed by atoms with Crippen molar-refractivity contribution in [1.29, 1.82) is 0 Å². The summed E-state index contributed by atoms with van der Waals surface area (Å²) in [6.07, 6.45) is 0.442. The monoisotopic (exact) mass is 286 g/mol. The van der Waals surface area contributed by atoms with Crippen molar-refractivity contribution in [2.45, 2.75) is 26.3 Å². The van der Waals surface area contributed by atoms with Crippen molar-refractivity contribution in [3.8, 4) is 0 Å². The summed E-state index contributed by atoms with van der Waals surface area (Å²) in [7, 11) is 0. The molecule has 0 aliphatic heterocycles. The molecular formula is C17H19FN2O. The van der Waals surface area contributed by atoms with Gasteiger partial charge in [0, 0.05) is 23.8 Å². The number of anilines is 2. The van der Waals surface area contributed by atoms with Crippen molar-refractivity contribution in [1.82, 2.24) is 0 Å². The van der Waals surface area contributed by atoms with E-state index in [2.05, 4.69) is 10.6 Å². The lowest BCUT2D eigenvalue weighted by molar-refractivity contribution is -0.115. The Balaban J connectivity index is 2.08. The van der Waals surface area contributed by atoms with E-state index in [9.17, 15) is 9.18 Å². The standard InChI is InChI=1S/C17H19FN2O/c1-3-17(21)20-16-9-5-8-15(11-16)19-12(2)13-6-4-7-14(18)10-13/h4-12,19H,3H2,1-2H3,(H,20,21). The SMILES string of the molecule is CCC(=O)Nc1cccc(NC(C)c2cccc(F)c2)c1. The maximum absolute atomic E-state index is 13.2. The van der Waals surface area contributed by atoms with Crippen molar-refractivity contribution in [3.63, 3.8) is 0 Å². The number of halogens is 1. The molecule has 0 heterocycles. The summed E-state index contributed by atoms with van der Waals surface area (Å²) < 4.78 is 13.2. The number of hydrogen-bond acceptors (Lipinski definition) is 2. The average molecular weight is 286 g/mol. The van der Waals surface area contributed by atoms with Gasteiger partial charge in [-0.3, -0.25) is 4.79 Å². The quantitative estimate of drug-likeness (QED) is 0.858. The number of carbonyl (C=O) groups is 1. The Morgan fingerprint density at radius 2 is 1.86 bits per heavy atom. The van der Waals surface area contributed by atoms with E-state index < -0.39 is 0 Å². The molecule has 0 fully saturated rings. The molecule has 0 aliphatic rings. The van der Waals surface area contributed by atoms with Crippen LogP contribution in [0.25, 0.3) is 0 Å². The molecule has 0 radical (unpaired) electrons. The van der Waals surface area contributed by atoms with Crippen molar-refractivity contribution < 1.29 is 9.18 Å². The smallest absolute Gasteiger partial charge is 0.224 e. The van der Waals surface area contributed by atoms with Gasteiger partial charge in [-0.2, -0.15) is 0 Å². The summed E-state index contributed by atoms with van der Waals surface area (Å²) in [4.78, 5) is 11.4. The third-order valence-corrected chi connectivity index (χ3v) is 3.20. The molecule has 0 aliphatic carbocycles. The van der Waals surface area contributed by atoms with Crippen LogP contribution in [0.3, 0.4) is 0 Å². The second kappa shape index (κ2) is 6.88. The minimum absolute atomic E-state index is 0.0228. The van der Waals surface area contributed by atoms with E-state index in [0.29, 0.717) is 6.42 Å².